The Morgan fingerprint density at radius 2 is 1.66 bits per heavy atom. The highest BCUT2D eigenvalue weighted by atomic mass is 16.6. The van der Waals surface area contributed by atoms with Gasteiger partial charge in [0.15, 0.2) is 0 Å². The van der Waals surface area contributed by atoms with E-state index in [4.69, 9.17) is 9.47 Å². The molecule has 172 valence electrons. The lowest BCUT2D eigenvalue weighted by molar-refractivity contribution is -0.156. The maximum Gasteiger partial charge on any atom is 0.316 e. The molecule has 3 fully saturated rings. The van der Waals surface area contributed by atoms with Crippen LogP contribution in [0.25, 0.3) is 0 Å². The van der Waals surface area contributed by atoms with Crippen molar-refractivity contribution in [2.75, 3.05) is 13.7 Å². The Labute approximate surface area is 191 Å². The van der Waals surface area contributed by atoms with Gasteiger partial charge in [-0.1, -0.05) is 74.0 Å². The summed E-state index contributed by atoms with van der Waals surface area (Å²) in [6.07, 6.45) is 6.09. The molecule has 3 saturated heterocycles. The summed E-state index contributed by atoms with van der Waals surface area (Å²) in [6.45, 7) is 2.00. The van der Waals surface area contributed by atoms with E-state index in [1.165, 1.54) is 24.8 Å². The molecule has 2 aromatic carbocycles. The van der Waals surface area contributed by atoms with E-state index in [-0.39, 0.29) is 18.7 Å². The Kier molecular flexibility index (Phi) is 7.61. The molecule has 0 spiro atoms. The number of aryl methyl sites for hydroxylation is 1. The summed E-state index contributed by atoms with van der Waals surface area (Å²) in [4.78, 5) is 14.8. The summed E-state index contributed by atoms with van der Waals surface area (Å²) in [6, 6.07) is 20.7. The standard InChI is InChI=1S/C17H21NO4.C10H14/c1-18-13-7-11(8-14(18)16-15(13)22-16)21-17(20)12(9-19)10-5-3-2-4-6-10;1-2-3-7-10-8-5-4-6-9-10/h2-6,11-16,19H,7-9H2,1H3;4-6,8-9H,2-3,7H2,1H3. The van der Waals surface area contributed by atoms with Crippen LogP contribution in [0.15, 0.2) is 60.7 Å². The highest BCUT2D eigenvalue weighted by molar-refractivity contribution is 5.78. The summed E-state index contributed by atoms with van der Waals surface area (Å²) in [7, 11) is 2.13. The van der Waals surface area contributed by atoms with E-state index in [9.17, 15) is 9.90 Å². The number of carbonyl (C=O) groups excluding carboxylic acids is 1. The van der Waals surface area contributed by atoms with Crippen molar-refractivity contribution in [1.29, 1.82) is 0 Å². The lowest BCUT2D eigenvalue weighted by Crippen LogP contribution is -2.48. The fraction of sp³-hybridized carbons (Fsp3) is 0.519. The molecule has 1 N–H and O–H groups in total. The largest absolute Gasteiger partial charge is 0.462 e. The Hall–Kier alpha value is -2.21. The van der Waals surface area contributed by atoms with Gasteiger partial charge in [-0.3, -0.25) is 9.69 Å². The Bertz CT molecular complexity index is 840. The number of aliphatic hydroxyl groups excluding tert-OH is 1. The molecular weight excluding hydrogens is 402 g/mol. The number of ether oxygens (including phenoxy) is 2. The molecule has 5 atom stereocenters. The summed E-state index contributed by atoms with van der Waals surface area (Å²) < 4.78 is 11.4. The molecule has 2 bridgehead atoms. The first-order valence-electron chi connectivity index (χ1n) is 11.9. The lowest BCUT2D eigenvalue weighted by atomic mass is 9.97. The first kappa shape index (κ1) is 23.0. The van der Waals surface area contributed by atoms with E-state index in [1.807, 2.05) is 30.3 Å². The monoisotopic (exact) mass is 437 g/mol. The number of carbonyl (C=O) groups is 1. The van der Waals surface area contributed by atoms with Crippen LogP contribution in [0.5, 0.6) is 0 Å². The van der Waals surface area contributed by atoms with Gasteiger partial charge in [-0.25, -0.2) is 0 Å². The van der Waals surface area contributed by atoms with Gasteiger partial charge in [0.1, 0.15) is 24.2 Å². The molecule has 32 heavy (non-hydrogen) atoms. The quantitative estimate of drug-likeness (QED) is 0.525. The maximum atomic E-state index is 12.4. The van der Waals surface area contributed by atoms with Crippen LogP contribution >= 0.6 is 0 Å². The second-order valence-electron chi connectivity index (χ2n) is 9.13. The van der Waals surface area contributed by atoms with Gasteiger partial charge in [-0.05, 0) is 31.0 Å². The minimum Gasteiger partial charge on any atom is -0.462 e. The van der Waals surface area contributed by atoms with Crippen molar-refractivity contribution in [2.45, 2.75) is 75.3 Å². The Balaban J connectivity index is 0.000000207. The molecule has 0 aromatic heterocycles. The van der Waals surface area contributed by atoms with Crippen LogP contribution in [-0.2, 0) is 20.7 Å². The van der Waals surface area contributed by atoms with Gasteiger partial charge in [0, 0.05) is 24.9 Å². The van der Waals surface area contributed by atoms with Crippen molar-refractivity contribution in [3.63, 3.8) is 0 Å². The smallest absolute Gasteiger partial charge is 0.316 e. The molecular formula is C27H35NO4. The van der Waals surface area contributed by atoms with Crippen molar-refractivity contribution in [3.05, 3.63) is 71.8 Å². The van der Waals surface area contributed by atoms with E-state index in [0.717, 1.165) is 18.4 Å². The van der Waals surface area contributed by atoms with Crippen LogP contribution in [0.3, 0.4) is 0 Å². The number of piperidine rings is 1. The normalized spacial score (nSPS) is 28.8. The maximum absolute atomic E-state index is 12.4. The van der Waals surface area contributed by atoms with Crippen molar-refractivity contribution in [3.8, 4) is 0 Å². The van der Waals surface area contributed by atoms with Gasteiger partial charge in [0.05, 0.1) is 6.61 Å². The minimum absolute atomic E-state index is 0.0622. The minimum atomic E-state index is -0.593. The van der Waals surface area contributed by atoms with Crippen molar-refractivity contribution in [2.24, 2.45) is 0 Å². The van der Waals surface area contributed by atoms with E-state index in [2.05, 4.69) is 49.2 Å². The SMILES string of the molecule is CCCCc1ccccc1.CN1C2CC(OC(=O)C(CO)c3ccccc3)CC1C1OC12. The van der Waals surface area contributed by atoms with Crippen LogP contribution in [-0.4, -0.2) is 60.0 Å². The Morgan fingerprint density at radius 1 is 1.06 bits per heavy atom. The molecule has 3 aliphatic rings. The molecule has 3 aliphatic heterocycles. The molecule has 0 amide bonds. The first-order chi connectivity index (χ1) is 15.6. The summed E-state index contributed by atoms with van der Waals surface area (Å²) in [5.74, 6) is -0.915. The van der Waals surface area contributed by atoms with Gasteiger partial charge in [-0.15, -0.1) is 0 Å². The highest BCUT2D eigenvalue weighted by Gasteiger charge is 2.62. The zero-order valence-corrected chi connectivity index (χ0v) is 19.1. The topological polar surface area (TPSA) is 62.3 Å². The van der Waals surface area contributed by atoms with Crippen molar-refractivity contribution >= 4 is 5.97 Å². The third-order valence-electron chi connectivity index (χ3n) is 6.99. The third kappa shape index (κ3) is 5.22. The highest BCUT2D eigenvalue weighted by Crippen LogP contribution is 2.48. The van der Waals surface area contributed by atoms with Crippen LogP contribution < -0.4 is 0 Å². The van der Waals surface area contributed by atoms with E-state index >= 15 is 0 Å². The predicted octanol–water partition coefficient (Wildman–Crippen LogP) is 3.95. The zero-order chi connectivity index (χ0) is 22.5. The summed E-state index contributed by atoms with van der Waals surface area (Å²) >= 11 is 0. The molecule has 5 unspecified atom stereocenters. The molecule has 2 aromatic rings. The number of nitrogens with zero attached hydrogens (tertiary/aromatic N) is 1. The number of unbranched alkanes of at least 4 members (excludes halogenated alkanes) is 1. The number of epoxide rings is 1. The van der Waals surface area contributed by atoms with Crippen molar-refractivity contribution < 1.29 is 19.4 Å². The van der Waals surface area contributed by atoms with Crippen molar-refractivity contribution in [1.82, 2.24) is 4.90 Å². The first-order valence-corrected chi connectivity index (χ1v) is 11.9. The molecule has 5 nitrogen and oxygen atoms in total. The van der Waals surface area contributed by atoms with Gasteiger partial charge in [-0.2, -0.15) is 0 Å². The van der Waals surface area contributed by atoms with Crippen LogP contribution in [0.1, 0.15) is 49.7 Å². The molecule has 0 saturated carbocycles. The summed E-state index contributed by atoms with van der Waals surface area (Å²) in [5, 5.41) is 9.56. The van der Waals surface area contributed by atoms with E-state index < -0.39 is 5.92 Å². The third-order valence-corrected chi connectivity index (χ3v) is 6.99. The lowest BCUT2D eigenvalue weighted by Gasteiger charge is -2.38. The van der Waals surface area contributed by atoms with Gasteiger partial charge in [0.25, 0.3) is 0 Å². The number of hydrogen-bond donors (Lipinski definition) is 1. The average molecular weight is 438 g/mol. The van der Waals surface area contributed by atoms with Gasteiger partial charge >= 0.3 is 5.97 Å². The second-order valence-corrected chi connectivity index (χ2v) is 9.13. The average Bonchev–Trinajstić information content (AvgIpc) is 3.58. The number of aliphatic hydroxyl groups is 1. The molecule has 5 heteroatoms. The predicted molar refractivity (Wildman–Crippen MR) is 124 cm³/mol. The Morgan fingerprint density at radius 3 is 2.22 bits per heavy atom. The fourth-order valence-electron chi connectivity index (χ4n) is 5.07. The number of rotatable bonds is 7. The van der Waals surface area contributed by atoms with E-state index in [0.29, 0.717) is 24.3 Å². The second kappa shape index (κ2) is 10.6. The van der Waals surface area contributed by atoms with Crippen LogP contribution in [0.2, 0.25) is 0 Å². The number of fused-ring (bicyclic) bond motifs is 5. The summed E-state index contributed by atoms with van der Waals surface area (Å²) in [5.41, 5.74) is 2.27. The number of morpholine rings is 1. The molecule has 0 radical (unpaired) electrons. The van der Waals surface area contributed by atoms with Gasteiger partial charge in [0.2, 0.25) is 0 Å². The molecule has 5 rings (SSSR count). The number of benzene rings is 2. The zero-order valence-electron chi connectivity index (χ0n) is 19.1. The molecule has 3 heterocycles. The molecule has 0 aliphatic carbocycles. The fourth-order valence-corrected chi connectivity index (χ4v) is 5.07. The van der Waals surface area contributed by atoms with Crippen LogP contribution in [0, 0.1) is 0 Å². The van der Waals surface area contributed by atoms with E-state index in [1.54, 1.807) is 0 Å². The number of likely N-dealkylation sites (N-methyl/N-ethyl adjacent to an activating group) is 1. The van der Waals surface area contributed by atoms with Crippen LogP contribution in [0.4, 0.5) is 0 Å². The van der Waals surface area contributed by atoms with Gasteiger partial charge < -0.3 is 14.6 Å². The number of hydrogen-bond acceptors (Lipinski definition) is 5. The number of esters is 1.